The quantitative estimate of drug-likeness (QED) is 0.532. The van der Waals surface area contributed by atoms with Crippen LogP contribution in [0, 0.1) is 0 Å². The molecule has 1 heteroatoms. The van der Waals surface area contributed by atoms with Crippen molar-refractivity contribution in [3.8, 4) is 0 Å². The predicted molar refractivity (Wildman–Crippen MR) is 47.7 cm³/mol. The molecule has 56 valence electrons. The summed E-state index contributed by atoms with van der Waals surface area (Å²) in [6.45, 7) is 6.88. The number of rotatable bonds is 4. The highest BCUT2D eigenvalue weighted by Crippen LogP contribution is 2.23. The lowest BCUT2D eigenvalue weighted by Gasteiger charge is -2.25. The van der Waals surface area contributed by atoms with Crippen molar-refractivity contribution in [1.29, 1.82) is 0 Å². The maximum atomic E-state index is 7.80. The molecule has 0 aliphatic heterocycles. The number of hydrogen-bond donors (Lipinski definition) is 0. The second-order valence-corrected chi connectivity index (χ2v) is 7.88. The highest BCUT2D eigenvalue weighted by atomic mass is 28.3. The smallest absolute Gasteiger partial charge is 0.0524 e. The van der Waals surface area contributed by atoms with Crippen molar-refractivity contribution in [2.24, 2.45) is 0 Å². The van der Waals surface area contributed by atoms with E-state index in [1.807, 2.05) is 0 Å². The van der Waals surface area contributed by atoms with Crippen molar-refractivity contribution in [3.63, 3.8) is 0 Å². The van der Waals surface area contributed by atoms with Crippen LogP contribution in [0.4, 0.5) is 0 Å². The van der Waals surface area contributed by atoms with Gasteiger partial charge in [0.15, 0.2) is 0 Å². The van der Waals surface area contributed by atoms with Gasteiger partial charge in [0.2, 0.25) is 0 Å². The van der Waals surface area contributed by atoms with Gasteiger partial charge in [-0.05, 0) is 0 Å². The third-order valence-electron chi connectivity index (χ3n) is 2.55. The lowest BCUT2D eigenvalue weighted by molar-refractivity contribution is 1.11. The Morgan fingerprint density at radius 2 is 1.67 bits per heavy atom. The molecule has 0 aromatic carbocycles. The zero-order chi connectivity index (χ0) is 8.91. The van der Waals surface area contributed by atoms with Gasteiger partial charge in [0.25, 0.3) is 0 Å². The lowest BCUT2D eigenvalue weighted by Crippen LogP contribution is -2.29. The van der Waals surface area contributed by atoms with Crippen molar-refractivity contribution in [1.82, 2.24) is 0 Å². The Balaban J connectivity index is 4.26. The van der Waals surface area contributed by atoms with E-state index in [1.54, 1.807) is 0 Å². The Kier molecular flexibility index (Phi) is 2.72. The van der Waals surface area contributed by atoms with E-state index in [2.05, 4.69) is 20.8 Å². The monoisotopic (exact) mass is 146 g/mol. The summed E-state index contributed by atoms with van der Waals surface area (Å²) in [6.07, 6.45) is 0. The molecule has 0 heterocycles. The molecule has 0 nitrogen and oxygen atoms in total. The molecule has 0 aliphatic rings. The second kappa shape index (κ2) is 4.10. The molecule has 0 saturated heterocycles. The van der Waals surface area contributed by atoms with Crippen LogP contribution in [0.5, 0.6) is 0 Å². The van der Waals surface area contributed by atoms with E-state index in [4.69, 9.17) is 2.74 Å². The molecule has 0 amide bonds. The van der Waals surface area contributed by atoms with Gasteiger partial charge in [-0.1, -0.05) is 51.8 Å². The fourth-order valence-corrected chi connectivity index (χ4v) is 3.55. The third kappa shape index (κ3) is 2.13. The molecule has 9 heavy (non-hydrogen) atoms. The molecule has 0 N–H and O–H groups in total. The molecule has 0 bridgehead atoms. The standard InChI is InChI=1S/C8H20Si/c1-5-9(6-2,7-3)8-4/h5-8H2,1-4H3/i1D,5D. The Morgan fingerprint density at radius 1 is 1.22 bits per heavy atom. The van der Waals surface area contributed by atoms with Crippen molar-refractivity contribution in [2.45, 2.75) is 51.8 Å². The molecule has 0 fully saturated rings. The molecule has 1 unspecified atom stereocenters. The molecule has 0 spiro atoms. The first-order valence-electron chi connectivity index (χ1n) is 5.16. The van der Waals surface area contributed by atoms with Gasteiger partial charge in [-0.15, -0.1) is 0 Å². The minimum Gasteiger partial charge on any atom is -0.0678 e. The van der Waals surface area contributed by atoms with Crippen molar-refractivity contribution in [3.05, 3.63) is 0 Å². The van der Waals surface area contributed by atoms with Gasteiger partial charge in [-0.25, -0.2) is 0 Å². The van der Waals surface area contributed by atoms with Crippen LogP contribution >= 0.6 is 0 Å². The fraction of sp³-hybridized carbons (Fsp3) is 1.00. The van der Waals surface area contributed by atoms with Gasteiger partial charge in [0, 0.05) is 2.74 Å². The summed E-state index contributed by atoms with van der Waals surface area (Å²) in [5, 5.41) is 0. The Labute approximate surface area is 63.5 Å². The zero-order valence-electron chi connectivity index (χ0n) is 8.91. The van der Waals surface area contributed by atoms with Crippen LogP contribution in [0.3, 0.4) is 0 Å². The summed E-state index contributed by atoms with van der Waals surface area (Å²) in [4.78, 5) is 0. The van der Waals surface area contributed by atoms with E-state index in [0.29, 0.717) is 6.90 Å². The minimum absolute atomic E-state index is 0.0532. The van der Waals surface area contributed by atoms with Crippen LogP contribution in [0.1, 0.15) is 30.4 Å². The fourth-order valence-electron chi connectivity index (χ4n) is 1.18. The Bertz CT molecular complexity index is 94.0. The van der Waals surface area contributed by atoms with Gasteiger partial charge < -0.3 is 0 Å². The largest absolute Gasteiger partial charge is 0.0678 e. The molecule has 0 radical (unpaired) electrons. The average molecular weight is 146 g/mol. The average Bonchev–Trinajstić information content (AvgIpc) is 2.08. The molecule has 0 aromatic heterocycles. The van der Waals surface area contributed by atoms with Crippen LogP contribution in [0.25, 0.3) is 0 Å². The molecule has 0 rings (SSSR count). The first kappa shape index (κ1) is 5.96. The molecule has 0 aromatic rings. The minimum atomic E-state index is -1.34. The SMILES string of the molecule is [2H]CC([2H])[Si](CC)(CC)CC. The lowest BCUT2D eigenvalue weighted by atomic mass is 10.9. The molecular weight excluding hydrogens is 124 g/mol. The van der Waals surface area contributed by atoms with Gasteiger partial charge >= 0.3 is 0 Å². The van der Waals surface area contributed by atoms with E-state index in [-0.39, 0.29) is 6.02 Å². The summed E-state index contributed by atoms with van der Waals surface area (Å²) in [5.74, 6) is 0. The van der Waals surface area contributed by atoms with Gasteiger partial charge in [0.05, 0.1) is 8.07 Å². The maximum Gasteiger partial charge on any atom is 0.0524 e. The van der Waals surface area contributed by atoms with Crippen molar-refractivity contribution >= 4 is 8.07 Å². The van der Waals surface area contributed by atoms with Crippen LogP contribution in [0.15, 0.2) is 0 Å². The highest BCUT2D eigenvalue weighted by molar-refractivity contribution is 6.79. The van der Waals surface area contributed by atoms with Gasteiger partial charge in [-0.2, -0.15) is 0 Å². The van der Waals surface area contributed by atoms with Crippen LogP contribution in [-0.4, -0.2) is 8.07 Å². The first-order valence-corrected chi connectivity index (χ1v) is 6.58. The van der Waals surface area contributed by atoms with E-state index >= 15 is 0 Å². The van der Waals surface area contributed by atoms with E-state index < -0.39 is 8.07 Å². The number of hydrogen-bond acceptors (Lipinski definition) is 0. The summed E-state index contributed by atoms with van der Waals surface area (Å²) in [5.41, 5.74) is 0. The third-order valence-corrected chi connectivity index (χ3v) is 7.64. The predicted octanol–water partition coefficient (Wildman–Crippen LogP) is 3.51. The molecule has 1 atom stereocenters. The van der Waals surface area contributed by atoms with Gasteiger partial charge in [0.1, 0.15) is 0 Å². The topological polar surface area (TPSA) is 0 Å². The molecule has 0 saturated carbocycles. The summed E-state index contributed by atoms with van der Waals surface area (Å²) in [6, 6.07) is 3.47. The molecule has 0 aliphatic carbocycles. The first-order chi connectivity index (χ1) is 5.16. The van der Waals surface area contributed by atoms with Crippen molar-refractivity contribution < 1.29 is 2.74 Å². The molecular formula is C8H20Si. The maximum absolute atomic E-state index is 7.80. The summed E-state index contributed by atoms with van der Waals surface area (Å²) >= 11 is 0. The van der Waals surface area contributed by atoms with E-state index in [1.165, 1.54) is 18.1 Å². The Hall–Kier alpha value is 0.217. The van der Waals surface area contributed by atoms with Gasteiger partial charge in [-0.3, -0.25) is 0 Å². The summed E-state index contributed by atoms with van der Waals surface area (Å²) in [7, 11) is -1.34. The zero-order valence-corrected chi connectivity index (χ0v) is 7.91. The summed E-state index contributed by atoms with van der Waals surface area (Å²) < 4.78 is 15.0. The van der Waals surface area contributed by atoms with E-state index in [9.17, 15) is 0 Å². The van der Waals surface area contributed by atoms with E-state index in [0.717, 1.165) is 0 Å². The Morgan fingerprint density at radius 3 is 1.78 bits per heavy atom. The normalized spacial score (nSPS) is 18.6. The van der Waals surface area contributed by atoms with Crippen LogP contribution in [-0.2, 0) is 0 Å². The van der Waals surface area contributed by atoms with Crippen molar-refractivity contribution in [2.75, 3.05) is 0 Å². The van der Waals surface area contributed by atoms with Crippen LogP contribution < -0.4 is 0 Å². The second-order valence-electron chi connectivity index (χ2n) is 2.63. The van der Waals surface area contributed by atoms with Crippen LogP contribution in [0.2, 0.25) is 24.2 Å². The highest BCUT2D eigenvalue weighted by Gasteiger charge is 2.23.